The van der Waals surface area contributed by atoms with Crippen LogP contribution in [0.2, 0.25) is 0 Å². The molecule has 0 radical (unpaired) electrons. The van der Waals surface area contributed by atoms with Gasteiger partial charge in [0.2, 0.25) is 0 Å². The van der Waals surface area contributed by atoms with Crippen LogP contribution in [-0.2, 0) is 33.7 Å². The van der Waals surface area contributed by atoms with Crippen molar-refractivity contribution in [3.05, 3.63) is 108 Å². The van der Waals surface area contributed by atoms with E-state index < -0.39 is 29.2 Å². The van der Waals surface area contributed by atoms with Gasteiger partial charge >= 0.3 is 11.9 Å². The summed E-state index contributed by atoms with van der Waals surface area (Å²) in [6.07, 6.45) is 4.75. The van der Waals surface area contributed by atoms with Gasteiger partial charge in [0.05, 0.1) is 12.2 Å². The van der Waals surface area contributed by atoms with Gasteiger partial charge in [-0.15, -0.1) is 0 Å². The number of esters is 1. The molecular formula is C39H51N5O4. The number of para-hydroxylation sites is 1. The van der Waals surface area contributed by atoms with E-state index in [1.54, 1.807) is 5.01 Å². The summed E-state index contributed by atoms with van der Waals surface area (Å²) in [5.74, 6) is -1.39. The maximum atomic E-state index is 14.4. The number of hydrazine groups is 1. The Morgan fingerprint density at radius 2 is 1.58 bits per heavy atom. The molecule has 0 saturated carbocycles. The Balaban J connectivity index is 1.49. The van der Waals surface area contributed by atoms with Crippen molar-refractivity contribution < 1.29 is 19.4 Å². The van der Waals surface area contributed by atoms with E-state index in [-0.39, 0.29) is 12.2 Å². The molecule has 4 aromatic rings. The highest BCUT2D eigenvalue weighted by Gasteiger charge is 2.58. The SMILES string of the molecule is CCCN(Cc1ccccc1)C(CCc1ccccc1)N(C)[C@@](C)(NN1[C@H](C(=O)O)[C@@H]1Cc1c[nH]c2ccccc12)C(=O)OC(C)(C)C. The fourth-order valence-corrected chi connectivity index (χ4v) is 6.65. The number of aliphatic carboxylic acids is 1. The van der Waals surface area contributed by atoms with E-state index in [4.69, 9.17) is 4.74 Å². The minimum Gasteiger partial charge on any atom is -0.480 e. The molecule has 3 aromatic carbocycles. The zero-order chi connectivity index (χ0) is 34.5. The van der Waals surface area contributed by atoms with Gasteiger partial charge in [0, 0.05) is 23.6 Å². The first-order chi connectivity index (χ1) is 22.9. The minimum atomic E-state index is -1.39. The van der Waals surface area contributed by atoms with Gasteiger partial charge in [-0.05, 0) is 89.7 Å². The summed E-state index contributed by atoms with van der Waals surface area (Å²) >= 11 is 0. The molecule has 9 nitrogen and oxygen atoms in total. The number of aromatic amines is 1. The molecule has 5 rings (SSSR count). The van der Waals surface area contributed by atoms with Gasteiger partial charge in [0.1, 0.15) is 11.6 Å². The van der Waals surface area contributed by atoms with Crippen molar-refractivity contribution in [1.29, 1.82) is 0 Å². The molecule has 256 valence electrons. The molecule has 2 unspecified atom stereocenters. The molecule has 5 atom stereocenters. The number of fused-ring (bicyclic) bond motifs is 1. The number of carbonyl (C=O) groups excluding carboxylic acids is 1. The van der Waals surface area contributed by atoms with Crippen LogP contribution in [0, 0.1) is 0 Å². The van der Waals surface area contributed by atoms with E-state index in [0.29, 0.717) is 13.0 Å². The summed E-state index contributed by atoms with van der Waals surface area (Å²) in [5, 5.41) is 13.1. The fourth-order valence-electron chi connectivity index (χ4n) is 6.65. The molecule has 3 N–H and O–H groups in total. The van der Waals surface area contributed by atoms with Gasteiger partial charge < -0.3 is 14.8 Å². The lowest BCUT2D eigenvalue weighted by atomic mass is 10.0. The predicted octanol–water partition coefficient (Wildman–Crippen LogP) is 6.21. The average molecular weight is 654 g/mol. The van der Waals surface area contributed by atoms with Crippen LogP contribution in [0.15, 0.2) is 91.1 Å². The fraction of sp³-hybridized carbons (Fsp3) is 0.436. The first-order valence-corrected chi connectivity index (χ1v) is 17.0. The Morgan fingerprint density at radius 1 is 0.958 bits per heavy atom. The molecule has 1 fully saturated rings. The van der Waals surface area contributed by atoms with Gasteiger partial charge in [-0.1, -0.05) is 85.8 Å². The number of hydrogen-bond acceptors (Lipinski definition) is 7. The molecule has 1 aliphatic heterocycles. The highest BCUT2D eigenvalue weighted by molar-refractivity contribution is 5.84. The van der Waals surface area contributed by atoms with Crippen molar-refractivity contribution in [3.63, 3.8) is 0 Å². The van der Waals surface area contributed by atoms with E-state index in [1.165, 1.54) is 11.1 Å². The van der Waals surface area contributed by atoms with Crippen LogP contribution in [0.4, 0.5) is 0 Å². The zero-order valence-electron chi connectivity index (χ0n) is 29.1. The number of carboxylic acids is 1. The van der Waals surface area contributed by atoms with Gasteiger partial charge in [0.25, 0.3) is 0 Å². The third-order valence-corrected chi connectivity index (χ3v) is 9.28. The van der Waals surface area contributed by atoms with Crippen LogP contribution in [-0.4, -0.2) is 79.9 Å². The monoisotopic (exact) mass is 653 g/mol. The van der Waals surface area contributed by atoms with E-state index in [1.807, 2.05) is 77.3 Å². The van der Waals surface area contributed by atoms with Crippen LogP contribution >= 0.6 is 0 Å². The van der Waals surface area contributed by atoms with Gasteiger partial charge in [-0.2, -0.15) is 0 Å². The van der Waals surface area contributed by atoms with Crippen molar-refractivity contribution in [2.75, 3.05) is 13.6 Å². The quantitative estimate of drug-likeness (QED) is 0.0746. The molecule has 1 aliphatic rings. The smallest absolute Gasteiger partial charge is 0.343 e. The number of aromatic nitrogens is 1. The van der Waals surface area contributed by atoms with Crippen molar-refractivity contribution in [3.8, 4) is 0 Å². The van der Waals surface area contributed by atoms with E-state index in [0.717, 1.165) is 42.3 Å². The molecule has 48 heavy (non-hydrogen) atoms. The summed E-state index contributed by atoms with van der Waals surface area (Å²) in [6, 6.07) is 27.6. The number of carbonyl (C=O) groups is 2. The van der Waals surface area contributed by atoms with E-state index in [2.05, 4.69) is 75.7 Å². The standard InChI is InChI=1S/C39H51N5O4/c1-7-24-43(27-29-18-12-9-13-19-29)34(23-22-28-16-10-8-11-17-28)42(6)39(5,37(47)48-38(2,3)4)41-44-33(35(44)36(45)46)25-30-26-40-32-21-15-14-20-31(30)32/h8-21,26,33-35,40-41H,7,22-25,27H2,1-6H3,(H,45,46)/t33-,34?,35-,39+,44?/m0/s1. The first-order valence-electron chi connectivity index (χ1n) is 17.0. The highest BCUT2D eigenvalue weighted by atomic mass is 16.6. The second-order valence-electron chi connectivity index (χ2n) is 14.1. The van der Waals surface area contributed by atoms with Gasteiger partial charge in [0.15, 0.2) is 5.66 Å². The number of aryl methyl sites for hydroxylation is 1. The van der Waals surface area contributed by atoms with Crippen molar-refractivity contribution in [2.45, 2.75) is 96.4 Å². The molecule has 9 heteroatoms. The average Bonchev–Trinajstić information content (AvgIpc) is 3.57. The Labute approximate surface area is 284 Å². The second kappa shape index (κ2) is 15.0. The van der Waals surface area contributed by atoms with Crippen molar-refractivity contribution >= 4 is 22.8 Å². The van der Waals surface area contributed by atoms with Crippen LogP contribution in [0.3, 0.4) is 0 Å². The van der Waals surface area contributed by atoms with E-state index >= 15 is 0 Å². The van der Waals surface area contributed by atoms with Crippen LogP contribution in [0.25, 0.3) is 10.9 Å². The molecule has 2 heterocycles. The number of nitrogens with one attached hydrogen (secondary N) is 2. The number of rotatable bonds is 16. The largest absolute Gasteiger partial charge is 0.480 e. The van der Waals surface area contributed by atoms with Gasteiger partial charge in [-0.25, -0.2) is 15.2 Å². The maximum absolute atomic E-state index is 14.4. The Morgan fingerprint density at radius 3 is 2.21 bits per heavy atom. The topological polar surface area (TPSA) is 101 Å². The summed E-state index contributed by atoms with van der Waals surface area (Å²) in [6.45, 7) is 11.1. The lowest BCUT2D eigenvalue weighted by Gasteiger charge is -2.47. The Hall–Kier alpha value is -4.02. The molecule has 1 aromatic heterocycles. The summed E-state index contributed by atoms with van der Waals surface area (Å²) in [7, 11) is 1.95. The number of hydrogen-bond donors (Lipinski definition) is 3. The number of H-pyrrole nitrogens is 1. The predicted molar refractivity (Wildman–Crippen MR) is 190 cm³/mol. The minimum absolute atomic E-state index is 0.189. The summed E-state index contributed by atoms with van der Waals surface area (Å²) < 4.78 is 6.08. The lowest BCUT2D eigenvalue weighted by molar-refractivity contribution is -0.180. The van der Waals surface area contributed by atoms with Crippen LogP contribution in [0.1, 0.15) is 64.2 Å². The second-order valence-corrected chi connectivity index (χ2v) is 14.1. The molecular weight excluding hydrogens is 602 g/mol. The Kier molecular flexibility index (Phi) is 11.1. The zero-order valence-corrected chi connectivity index (χ0v) is 29.1. The molecule has 0 amide bonds. The number of ether oxygens (including phenoxy) is 1. The number of nitrogens with zero attached hydrogens (tertiary/aromatic N) is 3. The highest BCUT2D eigenvalue weighted by Crippen LogP contribution is 2.35. The molecule has 0 spiro atoms. The number of benzene rings is 3. The summed E-state index contributed by atoms with van der Waals surface area (Å²) in [5.41, 5.74) is 5.75. The third-order valence-electron chi connectivity index (χ3n) is 9.28. The van der Waals surface area contributed by atoms with Crippen LogP contribution in [0.5, 0.6) is 0 Å². The maximum Gasteiger partial charge on any atom is 0.343 e. The van der Waals surface area contributed by atoms with Gasteiger partial charge in [-0.3, -0.25) is 14.6 Å². The molecule has 1 saturated heterocycles. The molecule has 0 bridgehead atoms. The number of carboxylic acid groups (broad SMARTS) is 1. The third kappa shape index (κ3) is 8.33. The summed E-state index contributed by atoms with van der Waals surface area (Å²) in [4.78, 5) is 34.7. The van der Waals surface area contributed by atoms with Crippen molar-refractivity contribution in [1.82, 2.24) is 25.2 Å². The van der Waals surface area contributed by atoms with Crippen LogP contribution < -0.4 is 5.43 Å². The number of likely N-dealkylation sites (N-methyl/N-ethyl adjacent to an activating group) is 1. The van der Waals surface area contributed by atoms with E-state index in [9.17, 15) is 14.7 Å². The Bertz CT molecular complexity index is 1650. The lowest BCUT2D eigenvalue weighted by Crippen LogP contribution is -2.68. The first kappa shape index (κ1) is 35.3. The molecule has 0 aliphatic carbocycles. The normalized spacial score (nSPS) is 19.7. The van der Waals surface area contributed by atoms with Crippen molar-refractivity contribution in [2.24, 2.45) is 0 Å².